The van der Waals surface area contributed by atoms with Crippen LogP contribution in [0.3, 0.4) is 0 Å². The predicted molar refractivity (Wildman–Crippen MR) is 101 cm³/mol. The van der Waals surface area contributed by atoms with Gasteiger partial charge < -0.3 is 29.2 Å². The van der Waals surface area contributed by atoms with E-state index in [0.29, 0.717) is 31.6 Å². The van der Waals surface area contributed by atoms with E-state index in [1.165, 1.54) is 0 Å². The molecule has 3 rings (SSSR count). The zero-order chi connectivity index (χ0) is 19.9. The molecule has 0 spiro atoms. The fourth-order valence-corrected chi connectivity index (χ4v) is 2.92. The van der Waals surface area contributed by atoms with Gasteiger partial charge in [0.1, 0.15) is 18.1 Å². The summed E-state index contributed by atoms with van der Waals surface area (Å²) in [6.07, 6.45) is 0.195. The molecule has 0 bridgehead atoms. The molecular formula is C19H28FN3O5. The van der Waals surface area contributed by atoms with Crippen molar-refractivity contribution in [3.05, 3.63) is 17.8 Å². The molecule has 28 heavy (non-hydrogen) atoms. The number of halogens is 1. The Morgan fingerprint density at radius 3 is 2.86 bits per heavy atom. The number of aromatic nitrogens is 1. The van der Waals surface area contributed by atoms with Gasteiger partial charge in [-0.1, -0.05) is 0 Å². The Hall–Kier alpha value is -1.97. The number of hydrogen-bond donors (Lipinski definition) is 1. The minimum Gasteiger partial charge on any atom is -0.476 e. The summed E-state index contributed by atoms with van der Waals surface area (Å²) in [6.45, 7) is 4.90. The van der Waals surface area contributed by atoms with Crippen LogP contribution in [0, 0.1) is 5.92 Å². The van der Waals surface area contributed by atoms with Crippen molar-refractivity contribution in [2.45, 2.75) is 19.1 Å². The second kappa shape index (κ2) is 9.99. The first-order valence-corrected chi connectivity index (χ1v) is 9.54. The molecule has 1 unspecified atom stereocenters. The number of ether oxygens (including phenoxy) is 4. The fraction of sp³-hybridized carbons (Fsp3) is 0.684. The van der Waals surface area contributed by atoms with Crippen LogP contribution in [0.2, 0.25) is 0 Å². The van der Waals surface area contributed by atoms with Crippen LogP contribution in [-0.4, -0.2) is 82.9 Å². The van der Waals surface area contributed by atoms with Gasteiger partial charge in [-0.3, -0.25) is 4.79 Å². The Morgan fingerprint density at radius 1 is 1.43 bits per heavy atom. The molecule has 1 amide bonds. The molecule has 1 aromatic heterocycles. The maximum absolute atomic E-state index is 12.5. The molecule has 2 aliphatic heterocycles. The summed E-state index contributed by atoms with van der Waals surface area (Å²) < 4.78 is 33.7. The lowest BCUT2D eigenvalue weighted by Gasteiger charge is -2.40. The topological polar surface area (TPSA) is 82.2 Å². The van der Waals surface area contributed by atoms with Crippen LogP contribution in [0.4, 0.5) is 10.1 Å². The lowest BCUT2D eigenvalue weighted by atomic mass is 10.1. The summed E-state index contributed by atoms with van der Waals surface area (Å²) in [4.78, 5) is 19.1. The van der Waals surface area contributed by atoms with Gasteiger partial charge in [0.15, 0.2) is 0 Å². The van der Waals surface area contributed by atoms with Gasteiger partial charge in [-0.15, -0.1) is 0 Å². The van der Waals surface area contributed by atoms with Crippen molar-refractivity contribution in [1.82, 2.24) is 10.3 Å². The summed E-state index contributed by atoms with van der Waals surface area (Å²) in [5.74, 6) is 0.469. The zero-order valence-corrected chi connectivity index (χ0v) is 16.4. The third-order valence-corrected chi connectivity index (χ3v) is 4.72. The van der Waals surface area contributed by atoms with Crippen LogP contribution in [0.15, 0.2) is 12.1 Å². The normalized spacial score (nSPS) is 18.3. The van der Waals surface area contributed by atoms with E-state index in [4.69, 9.17) is 18.9 Å². The number of anilines is 1. The molecule has 3 heterocycles. The summed E-state index contributed by atoms with van der Waals surface area (Å²) in [7, 11) is 1.69. The maximum Gasteiger partial charge on any atom is 0.270 e. The van der Waals surface area contributed by atoms with E-state index in [-0.39, 0.29) is 37.0 Å². The van der Waals surface area contributed by atoms with Gasteiger partial charge in [-0.25, -0.2) is 9.37 Å². The number of hydrogen-bond acceptors (Lipinski definition) is 7. The number of nitrogens with zero attached hydrogens (tertiary/aromatic N) is 2. The number of carbonyl (C=O) groups is 1. The number of amides is 1. The minimum atomic E-state index is -0.545. The number of nitrogens with one attached hydrogen (secondary N) is 1. The molecule has 8 nitrogen and oxygen atoms in total. The van der Waals surface area contributed by atoms with Gasteiger partial charge in [0.2, 0.25) is 5.88 Å². The highest BCUT2D eigenvalue weighted by Crippen LogP contribution is 2.31. The van der Waals surface area contributed by atoms with Crippen molar-refractivity contribution in [3.63, 3.8) is 0 Å². The summed E-state index contributed by atoms with van der Waals surface area (Å²) in [5.41, 5.74) is 1.12. The summed E-state index contributed by atoms with van der Waals surface area (Å²) >= 11 is 0. The Labute approximate surface area is 164 Å². The zero-order valence-electron chi connectivity index (χ0n) is 16.4. The van der Waals surface area contributed by atoms with Gasteiger partial charge in [-0.05, 0) is 19.1 Å². The second-order valence-corrected chi connectivity index (χ2v) is 7.14. The smallest absolute Gasteiger partial charge is 0.270 e. The molecule has 0 aromatic carbocycles. The molecule has 1 atom stereocenters. The van der Waals surface area contributed by atoms with E-state index in [0.717, 1.165) is 18.8 Å². The van der Waals surface area contributed by atoms with Crippen molar-refractivity contribution >= 4 is 11.6 Å². The van der Waals surface area contributed by atoms with Crippen LogP contribution < -0.4 is 15.0 Å². The summed E-state index contributed by atoms with van der Waals surface area (Å²) in [5, 5.41) is 2.80. The van der Waals surface area contributed by atoms with Crippen LogP contribution in [0.1, 0.15) is 17.4 Å². The first kappa shape index (κ1) is 20.8. The summed E-state index contributed by atoms with van der Waals surface area (Å²) in [6, 6.07) is 3.28. The lowest BCUT2D eigenvalue weighted by Crippen LogP contribution is -2.52. The molecular weight excluding hydrogens is 369 g/mol. The highest BCUT2D eigenvalue weighted by molar-refractivity contribution is 5.93. The van der Waals surface area contributed by atoms with Crippen molar-refractivity contribution in [2.75, 3.05) is 64.8 Å². The number of alkyl halides is 1. The highest BCUT2D eigenvalue weighted by Gasteiger charge is 2.30. The Bertz CT molecular complexity index is 652. The van der Waals surface area contributed by atoms with Gasteiger partial charge in [0, 0.05) is 32.2 Å². The van der Waals surface area contributed by atoms with Crippen LogP contribution in [0.25, 0.3) is 0 Å². The van der Waals surface area contributed by atoms with E-state index < -0.39 is 6.67 Å². The number of pyridine rings is 1. The van der Waals surface area contributed by atoms with Crippen molar-refractivity contribution in [1.29, 1.82) is 0 Å². The van der Waals surface area contributed by atoms with Gasteiger partial charge in [0.05, 0.1) is 39.1 Å². The van der Waals surface area contributed by atoms with Gasteiger partial charge in [0.25, 0.3) is 5.91 Å². The minimum absolute atomic E-state index is 0.0222. The van der Waals surface area contributed by atoms with Crippen LogP contribution in [-0.2, 0) is 14.2 Å². The molecule has 0 radical (unpaired) electrons. The van der Waals surface area contributed by atoms with Gasteiger partial charge >= 0.3 is 0 Å². The molecule has 2 saturated heterocycles. The van der Waals surface area contributed by atoms with Crippen molar-refractivity contribution < 1.29 is 28.1 Å². The quantitative estimate of drug-likeness (QED) is 0.559. The second-order valence-electron chi connectivity index (χ2n) is 7.14. The van der Waals surface area contributed by atoms with Gasteiger partial charge in [-0.2, -0.15) is 0 Å². The average Bonchev–Trinajstić information content (AvgIpc) is 2.60. The van der Waals surface area contributed by atoms with E-state index in [2.05, 4.69) is 15.2 Å². The molecule has 156 valence electrons. The predicted octanol–water partition coefficient (Wildman–Crippen LogP) is 1.05. The van der Waals surface area contributed by atoms with Crippen LogP contribution >= 0.6 is 0 Å². The lowest BCUT2D eigenvalue weighted by molar-refractivity contribution is -0.0514. The number of methoxy groups -OCH3 is 1. The van der Waals surface area contributed by atoms with E-state index in [9.17, 15) is 9.18 Å². The molecule has 2 fully saturated rings. The molecule has 1 N–H and O–H groups in total. The first-order valence-electron chi connectivity index (χ1n) is 9.54. The SMILES string of the molecule is COC1CN(c2ccc(C(=O)NC(C)COCCF)nc2OCC2COC2)C1. The monoisotopic (exact) mass is 397 g/mol. The van der Waals surface area contributed by atoms with Crippen molar-refractivity contribution in [3.8, 4) is 5.88 Å². The molecule has 2 aliphatic rings. The van der Waals surface area contributed by atoms with E-state index >= 15 is 0 Å². The largest absolute Gasteiger partial charge is 0.476 e. The Morgan fingerprint density at radius 2 is 2.21 bits per heavy atom. The maximum atomic E-state index is 12.5. The van der Waals surface area contributed by atoms with Crippen molar-refractivity contribution in [2.24, 2.45) is 5.92 Å². The molecule has 9 heteroatoms. The molecule has 1 aromatic rings. The standard InChI is InChI=1S/C19H28FN3O5/c1-13(9-26-6-5-20)21-18(24)16-3-4-17(23-7-15(8-23)25-2)19(22-16)28-12-14-10-27-11-14/h3-4,13-15H,5-12H2,1-2H3,(H,21,24). The number of carbonyl (C=O) groups excluding carboxylic acids is 1. The Kier molecular flexibility index (Phi) is 7.41. The Balaban J connectivity index is 1.64. The first-order chi connectivity index (χ1) is 13.6. The highest BCUT2D eigenvalue weighted by atomic mass is 19.1. The fourth-order valence-electron chi connectivity index (χ4n) is 2.92. The molecule has 0 aliphatic carbocycles. The van der Waals surface area contributed by atoms with Crippen LogP contribution in [0.5, 0.6) is 5.88 Å². The number of rotatable bonds is 11. The third kappa shape index (κ3) is 5.30. The third-order valence-electron chi connectivity index (χ3n) is 4.72. The average molecular weight is 397 g/mol. The van der Waals surface area contributed by atoms with E-state index in [1.54, 1.807) is 20.1 Å². The molecule has 0 saturated carbocycles. The van der Waals surface area contributed by atoms with E-state index in [1.807, 2.05) is 6.07 Å².